The summed E-state index contributed by atoms with van der Waals surface area (Å²) >= 11 is 0. The highest BCUT2D eigenvalue weighted by molar-refractivity contribution is 5.78. The summed E-state index contributed by atoms with van der Waals surface area (Å²) in [5, 5.41) is 12.7. The fourth-order valence-electron chi connectivity index (χ4n) is 3.03. The monoisotopic (exact) mass is 349 g/mol. The van der Waals surface area contributed by atoms with E-state index < -0.39 is 5.60 Å². The molecule has 0 amide bonds. The largest absolute Gasteiger partial charge is 0.368 e. The average molecular weight is 349 g/mol. The minimum absolute atomic E-state index is 0.522. The predicted molar refractivity (Wildman–Crippen MR) is 109 cm³/mol. The molecule has 3 aromatic carbocycles. The molecule has 1 N–H and O–H groups in total. The molecule has 0 aliphatic carbocycles. The van der Waals surface area contributed by atoms with Gasteiger partial charge >= 0.3 is 0 Å². The summed E-state index contributed by atoms with van der Waals surface area (Å²) in [6.07, 6.45) is 0. The van der Waals surface area contributed by atoms with Gasteiger partial charge in [-0.05, 0) is 31.2 Å². The van der Waals surface area contributed by atoms with Gasteiger partial charge in [-0.25, -0.2) is 4.98 Å². The highest BCUT2D eigenvalue weighted by atomic mass is 16.3. The van der Waals surface area contributed by atoms with Crippen LogP contribution in [0.5, 0.6) is 0 Å². The van der Waals surface area contributed by atoms with E-state index >= 15 is 0 Å². The zero-order chi connectivity index (χ0) is 18.7. The number of pyridine rings is 1. The van der Waals surface area contributed by atoms with E-state index in [0.717, 1.165) is 22.0 Å². The fraction of sp³-hybridized carbons (Fsp3) is 0.0800. The molecule has 1 unspecified atom stereocenters. The molecule has 130 valence electrons. The molecule has 1 atom stereocenters. The lowest BCUT2D eigenvalue weighted by molar-refractivity contribution is 0.140. The molecule has 1 aromatic heterocycles. The molecule has 0 fully saturated rings. The third kappa shape index (κ3) is 3.46. The van der Waals surface area contributed by atoms with Crippen LogP contribution in [0.4, 0.5) is 0 Å². The first-order valence-electron chi connectivity index (χ1n) is 8.89. The van der Waals surface area contributed by atoms with Crippen molar-refractivity contribution in [2.24, 2.45) is 0 Å². The third-order valence-electron chi connectivity index (χ3n) is 4.60. The van der Waals surface area contributed by atoms with Gasteiger partial charge in [0.25, 0.3) is 0 Å². The van der Waals surface area contributed by atoms with Gasteiger partial charge in [0.2, 0.25) is 0 Å². The molecule has 4 rings (SSSR count). The van der Waals surface area contributed by atoms with Crippen LogP contribution < -0.4 is 0 Å². The van der Waals surface area contributed by atoms with Crippen LogP contribution in [0, 0.1) is 18.8 Å². The molecule has 0 saturated carbocycles. The molecule has 0 saturated heterocycles. The Kier molecular flexibility index (Phi) is 4.46. The van der Waals surface area contributed by atoms with Gasteiger partial charge in [-0.15, -0.1) is 0 Å². The number of fused-ring (bicyclic) bond motifs is 1. The van der Waals surface area contributed by atoms with Gasteiger partial charge in [-0.2, -0.15) is 0 Å². The number of rotatable bonds is 2. The van der Waals surface area contributed by atoms with Gasteiger partial charge in [0, 0.05) is 16.5 Å². The van der Waals surface area contributed by atoms with Gasteiger partial charge in [0.1, 0.15) is 0 Å². The fourth-order valence-corrected chi connectivity index (χ4v) is 3.03. The van der Waals surface area contributed by atoms with Gasteiger partial charge in [0.05, 0.1) is 11.2 Å². The zero-order valence-electron chi connectivity index (χ0n) is 15.1. The maximum Gasteiger partial charge on any atom is 0.194 e. The maximum atomic E-state index is 11.6. The van der Waals surface area contributed by atoms with Crippen molar-refractivity contribution in [1.82, 2.24) is 4.98 Å². The predicted octanol–water partition coefficient (Wildman–Crippen LogP) is 4.83. The van der Waals surface area contributed by atoms with Crippen molar-refractivity contribution in [3.05, 3.63) is 113 Å². The van der Waals surface area contributed by atoms with Crippen molar-refractivity contribution in [1.29, 1.82) is 0 Å². The molecule has 4 aromatic rings. The van der Waals surface area contributed by atoms with Crippen molar-refractivity contribution in [2.45, 2.75) is 12.5 Å². The molecule has 27 heavy (non-hydrogen) atoms. The summed E-state index contributed by atoms with van der Waals surface area (Å²) in [5.74, 6) is 6.18. The number of hydrogen-bond acceptors (Lipinski definition) is 2. The Morgan fingerprint density at radius 3 is 2.26 bits per heavy atom. The summed E-state index contributed by atoms with van der Waals surface area (Å²) in [6.45, 7) is 2.02. The lowest BCUT2D eigenvalue weighted by Crippen LogP contribution is -2.26. The van der Waals surface area contributed by atoms with Crippen LogP contribution in [-0.4, -0.2) is 10.1 Å². The first-order chi connectivity index (χ1) is 13.1. The second kappa shape index (κ2) is 7.07. The lowest BCUT2D eigenvalue weighted by atomic mass is 9.89. The summed E-state index contributed by atoms with van der Waals surface area (Å²) in [7, 11) is 0. The third-order valence-corrected chi connectivity index (χ3v) is 4.60. The summed E-state index contributed by atoms with van der Waals surface area (Å²) in [4.78, 5) is 4.71. The average Bonchev–Trinajstić information content (AvgIpc) is 2.73. The van der Waals surface area contributed by atoms with Crippen LogP contribution in [0.25, 0.3) is 10.9 Å². The zero-order valence-corrected chi connectivity index (χ0v) is 15.1. The van der Waals surface area contributed by atoms with E-state index in [9.17, 15) is 5.11 Å². The lowest BCUT2D eigenvalue weighted by Gasteiger charge is -2.23. The molecule has 0 aliphatic heterocycles. The molecule has 0 bridgehead atoms. The van der Waals surface area contributed by atoms with Crippen LogP contribution in [0.2, 0.25) is 0 Å². The summed E-state index contributed by atoms with van der Waals surface area (Å²) < 4.78 is 0. The standard InChI is InChI=1S/C25H19NO/c1-19-11-14-22(15-12-19)25(27,18-17-20-7-3-2-4-8-20)24-16-13-21-9-5-6-10-23(21)26-24/h2-16,27H,1H3. The smallest absolute Gasteiger partial charge is 0.194 e. The second-order valence-corrected chi connectivity index (χ2v) is 6.58. The molecule has 0 aliphatic rings. The van der Waals surface area contributed by atoms with E-state index in [1.54, 1.807) is 0 Å². The van der Waals surface area contributed by atoms with E-state index in [1.807, 2.05) is 97.9 Å². The SMILES string of the molecule is Cc1ccc(C(O)(C#Cc2ccccc2)c2ccc3ccccc3n2)cc1. The number of aromatic nitrogens is 1. The van der Waals surface area contributed by atoms with E-state index in [-0.39, 0.29) is 0 Å². The first kappa shape index (κ1) is 17.0. The van der Waals surface area contributed by atoms with Crippen LogP contribution in [-0.2, 0) is 5.60 Å². The van der Waals surface area contributed by atoms with Crippen LogP contribution >= 0.6 is 0 Å². The van der Waals surface area contributed by atoms with Crippen molar-refractivity contribution in [3.63, 3.8) is 0 Å². The van der Waals surface area contributed by atoms with Gasteiger partial charge in [-0.1, -0.05) is 84.1 Å². The van der Waals surface area contributed by atoms with Crippen molar-refractivity contribution < 1.29 is 5.11 Å². The normalized spacial score (nSPS) is 12.8. The molecule has 0 spiro atoms. The van der Waals surface area contributed by atoms with Crippen LogP contribution in [0.1, 0.15) is 22.4 Å². The summed E-state index contributed by atoms with van der Waals surface area (Å²) in [6, 6.07) is 29.1. The van der Waals surface area contributed by atoms with Crippen molar-refractivity contribution >= 4 is 10.9 Å². The Morgan fingerprint density at radius 1 is 0.778 bits per heavy atom. The van der Waals surface area contributed by atoms with E-state index in [0.29, 0.717) is 11.3 Å². The number of hydrogen-bond donors (Lipinski definition) is 1. The Bertz CT molecular complexity index is 1140. The molecular weight excluding hydrogens is 330 g/mol. The maximum absolute atomic E-state index is 11.6. The van der Waals surface area contributed by atoms with Crippen LogP contribution in [0.15, 0.2) is 91.0 Å². The first-order valence-corrected chi connectivity index (χ1v) is 8.89. The Labute approximate surface area is 159 Å². The van der Waals surface area contributed by atoms with Gasteiger partial charge in [0.15, 0.2) is 5.60 Å². The van der Waals surface area contributed by atoms with E-state index in [4.69, 9.17) is 4.98 Å². The second-order valence-electron chi connectivity index (χ2n) is 6.58. The molecule has 2 heteroatoms. The molecule has 1 heterocycles. The highest BCUT2D eigenvalue weighted by Gasteiger charge is 2.31. The minimum atomic E-state index is -1.49. The van der Waals surface area contributed by atoms with Gasteiger partial charge in [-0.3, -0.25) is 0 Å². The number of para-hydroxylation sites is 1. The molecular formula is C25H19NO. The van der Waals surface area contributed by atoms with Crippen molar-refractivity contribution in [2.75, 3.05) is 0 Å². The number of aliphatic hydroxyl groups is 1. The highest BCUT2D eigenvalue weighted by Crippen LogP contribution is 2.29. The van der Waals surface area contributed by atoms with E-state index in [1.165, 1.54) is 0 Å². The Balaban J connectivity index is 1.89. The topological polar surface area (TPSA) is 33.1 Å². The van der Waals surface area contributed by atoms with Crippen molar-refractivity contribution in [3.8, 4) is 11.8 Å². The Hall–Kier alpha value is -3.41. The van der Waals surface area contributed by atoms with Crippen LogP contribution in [0.3, 0.4) is 0 Å². The molecule has 2 nitrogen and oxygen atoms in total. The van der Waals surface area contributed by atoms with E-state index in [2.05, 4.69) is 11.8 Å². The number of nitrogens with zero attached hydrogens (tertiary/aromatic N) is 1. The number of benzene rings is 3. The minimum Gasteiger partial charge on any atom is -0.368 e. The number of aryl methyl sites for hydroxylation is 1. The van der Waals surface area contributed by atoms with Gasteiger partial charge < -0.3 is 5.11 Å². The summed E-state index contributed by atoms with van der Waals surface area (Å²) in [5.41, 5.74) is 2.55. The quantitative estimate of drug-likeness (QED) is 0.526. The molecule has 0 radical (unpaired) electrons. The Morgan fingerprint density at radius 2 is 1.48 bits per heavy atom.